The van der Waals surface area contributed by atoms with Gasteiger partial charge in [-0.3, -0.25) is 9.48 Å². The molecule has 0 bridgehead atoms. The van der Waals surface area contributed by atoms with E-state index in [9.17, 15) is 4.79 Å². The Morgan fingerprint density at radius 2 is 2.00 bits per heavy atom. The number of amides is 1. The number of halogens is 1. The zero-order valence-electron chi connectivity index (χ0n) is 12.6. The van der Waals surface area contributed by atoms with Crippen molar-refractivity contribution < 1.29 is 4.79 Å². The van der Waals surface area contributed by atoms with E-state index < -0.39 is 0 Å². The molecule has 0 unspecified atom stereocenters. The molecule has 2 heterocycles. The minimum atomic E-state index is -0.0697. The number of rotatable bonds is 4. The molecular weight excluding hydrogens is 356 g/mol. The van der Waals surface area contributed by atoms with Crippen LogP contribution in [0.5, 0.6) is 0 Å². The van der Waals surface area contributed by atoms with Gasteiger partial charge in [0.2, 0.25) is 0 Å². The molecule has 1 aromatic carbocycles. The molecule has 0 aliphatic carbocycles. The number of anilines is 1. The summed E-state index contributed by atoms with van der Waals surface area (Å²) in [4.78, 5) is 18.3. The Labute approximate surface area is 142 Å². The summed E-state index contributed by atoms with van der Waals surface area (Å²) in [6.45, 7) is 0.688. The quantitative estimate of drug-likeness (QED) is 0.661. The maximum absolute atomic E-state index is 12.5. The average molecular weight is 371 g/mol. The van der Waals surface area contributed by atoms with Crippen LogP contribution in [0, 0.1) is 0 Å². The Hall–Kier alpha value is -2.47. The third-order valence-electron chi connectivity index (χ3n) is 3.51. The Morgan fingerprint density at radius 3 is 2.61 bits per heavy atom. The van der Waals surface area contributed by atoms with E-state index in [0.29, 0.717) is 12.1 Å². The Balaban J connectivity index is 1.73. The summed E-state index contributed by atoms with van der Waals surface area (Å²) < 4.78 is 2.58. The molecule has 0 spiro atoms. The largest absolute Gasteiger partial charge is 0.310 e. The zero-order valence-corrected chi connectivity index (χ0v) is 14.1. The van der Waals surface area contributed by atoms with Gasteiger partial charge in [0.15, 0.2) is 0 Å². The van der Waals surface area contributed by atoms with Crippen molar-refractivity contribution in [2.24, 2.45) is 0 Å². The maximum Gasteiger partial charge on any atom is 0.258 e. The van der Waals surface area contributed by atoms with Crippen molar-refractivity contribution in [1.29, 1.82) is 0 Å². The van der Waals surface area contributed by atoms with E-state index in [1.54, 1.807) is 24.3 Å². The first-order valence-electron chi connectivity index (χ1n) is 7.09. The first kappa shape index (κ1) is 15.4. The summed E-state index contributed by atoms with van der Waals surface area (Å²) in [5.74, 6) is -0.0697. The van der Waals surface area contributed by atoms with Gasteiger partial charge in [0.05, 0.1) is 18.4 Å². The van der Waals surface area contributed by atoms with Gasteiger partial charge >= 0.3 is 0 Å². The molecule has 0 saturated heterocycles. The van der Waals surface area contributed by atoms with Crippen LogP contribution >= 0.6 is 15.9 Å². The van der Waals surface area contributed by atoms with Gasteiger partial charge in [-0.05, 0) is 51.8 Å². The van der Waals surface area contributed by atoms with Gasteiger partial charge in [0.1, 0.15) is 4.60 Å². The maximum atomic E-state index is 12.5. The second-order valence-corrected chi connectivity index (χ2v) is 5.92. The van der Waals surface area contributed by atoms with E-state index in [2.05, 4.69) is 26.0 Å². The fourth-order valence-corrected chi connectivity index (χ4v) is 2.45. The van der Waals surface area contributed by atoms with E-state index >= 15 is 0 Å². The van der Waals surface area contributed by atoms with E-state index in [4.69, 9.17) is 0 Å². The summed E-state index contributed by atoms with van der Waals surface area (Å²) in [6.07, 6.45) is 5.32. The standard InChI is InChI=1S/C17H15BrN4O/c1-21(15-7-8-16(18)19-11-15)17(23)14-5-3-13(4-6-14)12-22-10-2-9-20-22/h2-11H,12H2,1H3. The minimum absolute atomic E-state index is 0.0697. The van der Waals surface area contributed by atoms with Crippen LogP contribution in [-0.2, 0) is 6.54 Å². The van der Waals surface area contributed by atoms with Crippen molar-refractivity contribution in [3.05, 3.63) is 76.8 Å². The van der Waals surface area contributed by atoms with Crippen molar-refractivity contribution >= 4 is 27.5 Å². The average Bonchev–Trinajstić information content (AvgIpc) is 3.08. The monoisotopic (exact) mass is 370 g/mol. The number of hydrogen-bond acceptors (Lipinski definition) is 3. The molecule has 2 aromatic heterocycles. The number of carbonyl (C=O) groups is 1. The second-order valence-electron chi connectivity index (χ2n) is 5.10. The summed E-state index contributed by atoms with van der Waals surface area (Å²) in [7, 11) is 1.74. The molecule has 5 nitrogen and oxygen atoms in total. The van der Waals surface area contributed by atoms with E-state index in [0.717, 1.165) is 15.9 Å². The lowest BCUT2D eigenvalue weighted by Crippen LogP contribution is -2.26. The van der Waals surface area contributed by atoms with Crippen molar-refractivity contribution in [2.45, 2.75) is 6.54 Å². The fourth-order valence-electron chi connectivity index (χ4n) is 2.21. The number of benzene rings is 1. The van der Waals surface area contributed by atoms with Gasteiger partial charge in [-0.2, -0.15) is 5.10 Å². The lowest BCUT2D eigenvalue weighted by molar-refractivity contribution is 0.0993. The Bertz CT molecular complexity index is 782. The lowest BCUT2D eigenvalue weighted by Gasteiger charge is -2.17. The molecule has 0 atom stereocenters. The first-order chi connectivity index (χ1) is 11.1. The minimum Gasteiger partial charge on any atom is -0.310 e. The SMILES string of the molecule is CN(C(=O)c1ccc(Cn2cccn2)cc1)c1ccc(Br)nc1. The highest BCUT2D eigenvalue weighted by molar-refractivity contribution is 9.10. The molecule has 0 saturated carbocycles. The normalized spacial score (nSPS) is 10.5. The van der Waals surface area contributed by atoms with Gasteiger partial charge in [-0.15, -0.1) is 0 Å². The third-order valence-corrected chi connectivity index (χ3v) is 3.98. The van der Waals surface area contributed by atoms with Gasteiger partial charge in [0, 0.05) is 25.0 Å². The highest BCUT2D eigenvalue weighted by Crippen LogP contribution is 2.17. The molecule has 6 heteroatoms. The molecule has 0 aliphatic rings. The third kappa shape index (κ3) is 3.65. The zero-order chi connectivity index (χ0) is 16.2. The summed E-state index contributed by atoms with van der Waals surface area (Å²) in [5.41, 5.74) is 2.48. The Morgan fingerprint density at radius 1 is 1.22 bits per heavy atom. The van der Waals surface area contributed by atoms with Crippen LogP contribution in [0.25, 0.3) is 0 Å². The van der Waals surface area contributed by atoms with Gasteiger partial charge in [-0.1, -0.05) is 12.1 Å². The Kier molecular flexibility index (Phi) is 4.52. The number of pyridine rings is 1. The predicted molar refractivity (Wildman–Crippen MR) is 92.4 cm³/mol. The molecule has 116 valence electrons. The van der Waals surface area contributed by atoms with E-state index in [1.807, 2.05) is 53.3 Å². The topological polar surface area (TPSA) is 51.0 Å². The summed E-state index contributed by atoms with van der Waals surface area (Å²) in [5, 5.41) is 4.17. The molecular formula is C17H15BrN4O. The van der Waals surface area contributed by atoms with Crippen LogP contribution in [0.4, 0.5) is 5.69 Å². The smallest absolute Gasteiger partial charge is 0.258 e. The van der Waals surface area contributed by atoms with Crippen molar-refractivity contribution in [1.82, 2.24) is 14.8 Å². The molecule has 0 aliphatic heterocycles. The second kappa shape index (κ2) is 6.75. The lowest BCUT2D eigenvalue weighted by atomic mass is 10.1. The van der Waals surface area contributed by atoms with E-state index in [1.165, 1.54) is 0 Å². The van der Waals surface area contributed by atoms with Crippen LogP contribution in [0.2, 0.25) is 0 Å². The van der Waals surface area contributed by atoms with Crippen LogP contribution in [0.1, 0.15) is 15.9 Å². The van der Waals surface area contributed by atoms with Gasteiger partial charge in [-0.25, -0.2) is 4.98 Å². The van der Waals surface area contributed by atoms with Crippen molar-refractivity contribution in [3.8, 4) is 0 Å². The van der Waals surface area contributed by atoms with Crippen molar-refractivity contribution in [3.63, 3.8) is 0 Å². The molecule has 1 amide bonds. The highest BCUT2D eigenvalue weighted by atomic mass is 79.9. The molecule has 0 radical (unpaired) electrons. The molecule has 3 aromatic rings. The van der Waals surface area contributed by atoms with Crippen LogP contribution in [-0.4, -0.2) is 27.7 Å². The molecule has 0 N–H and O–H groups in total. The van der Waals surface area contributed by atoms with Gasteiger partial charge in [0.25, 0.3) is 5.91 Å². The summed E-state index contributed by atoms with van der Waals surface area (Å²) >= 11 is 3.29. The van der Waals surface area contributed by atoms with Crippen LogP contribution in [0.15, 0.2) is 65.7 Å². The highest BCUT2D eigenvalue weighted by Gasteiger charge is 2.13. The number of hydrogen-bond donors (Lipinski definition) is 0. The number of aromatic nitrogens is 3. The molecule has 3 rings (SSSR count). The number of nitrogens with zero attached hydrogens (tertiary/aromatic N) is 4. The fraction of sp³-hybridized carbons (Fsp3) is 0.118. The van der Waals surface area contributed by atoms with Crippen molar-refractivity contribution in [2.75, 3.05) is 11.9 Å². The van der Waals surface area contributed by atoms with E-state index in [-0.39, 0.29) is 5.91 Å². The molecule has 23 heavy (non-hydrogen) atoms. The predicted octanol–water partition coefficient (Wildman–Crippen LogP) is 3.37. The van der Waals surface area contributed by atoms with Crippen LogP contribution < -0.4 is 4.90 Å². The molecule has 0 fully saturated rings. The first-order valence-corrected chi connectivity index (χ1v) is 7.89. The van der Waals surface area contributed by atoms with Crippen LogP contribution in [0.3, 0.4) is 0 Å². The number of carbonyl (C=O) groups excluding carboxylic acids is 1. The summed E-state index contributed by atoms with van der Waals surface area (Å²) in [6, 6.07) is 13.1. The van der Waals surface area contributed by atoms with Gasteiger partial charge < -0.3 is 4.90 Å².